The summed E-state index contributed by atoms with van der Waals surface area (Å²) in [5.74, 6) is 2.48. The van der Waals surface area contributed by atoms with Gasteiger partial charge in [0.2, 0.25) is 0 Å². The van der Waals surface area contributed by atoms with Crippen molar-refractivity contribution in [2.75, 3.05) is 18.5 Å². The van der Waals surface area contributed by atoms with E-state index in [0.29, 0.717) is 58.7 Å². The molecule has 1 unspecified atom stereocenters. The van der Waals surface area contributed by atoms with Crippen molar-refractivity contribution in [1.82, 2.24) is 24.5 Å². The lowest BCUT2D eigenvalue weighted by atomic mass is 10.1. The molecule has 1 amide bonds. The summed E-state index contributed by atoms with van der Waals surface area (Å²) in [6, 6.07) is 9.72. The van der Waals surface area contributed by atoms with Crippen LogP contribution < -0.4 is 14.8 Å². The third-order valence-corrected chi connectivity index (χ3v) is 6.74. The lowest BCUT2D eigenvalue weighted by molar-refractivity contribution is 0.102. The summed E-state index contributed by atoms with van der Waals surface area (Å²) in [4.78, 5) is 18.5. The maximum absolute atomic E-state index is 13.6. The Balaban J connectivity index is 1.42. The largest absolute Gasteiger partial charge is 0.486 e. The van der Waals surface area contributed by atoms with Gasteiger partial charge in [0, 0.05) is 17.7 Å². The van der Waals surface area contributed by atoms with Crippen LogP contribution in [-0.4, -0.2) is 43.7 Å². The van der Waals surface area contributed by atoms with E-state index in [9.17, 15) is 4.79 Å². The van der Waals surface area contributed by atoms with Gasteiger partial charge in [-0.1, -0.05) is 0 Å². The van der Waals surface area contributed by atoms with Crippen LogP contribution in [0.5, 0.6) is 11.5 Å². The van der Waals surface area contributed by atoms with Gasteiger partial charge in [0.25, 0.3) is 5.91 Å². The second-order valence-corrected chi connectivity index (χ2v) is 9.53. The number of aromatic nitrogens is 5. The van der Waals surface area contributed by atoms with Crippen molar-refractivity contribution < 1.29 is 14.3 Å². The van der Waals surface area contributed by atoms with E-state index >= 15 is 0 Å². The van der Waals surface area contributed by atoms with Gasteiger partial charge in [0.15, 0.2) is 17.1 Å². The van der Waals surface area contributed by atoms with Gasteiger partial charge in [0.05, 0.1) is 35.1 Å². The monoisotopic (exact) mass is 472 g/mol. The molecule has 0 spiro atoms. The van der Waals surface area contributed by atoms with Crippen LogP contribution in [0.1, 0.15) is 56.1 Å². The maximum atomic E-state index is 13.6. The molecule has 1 saturated carbocycles. The summed E-state index contributed by atoms with van der Waals surface area (Å²) >= 11 is 0. The normalized spacial score (nSPS) is 16.0. The number of rotatable bonds is 6. The fraction of sp³-hybridized carbons (Fsp3) is 0.385. The Morgan fingerprint density at radius 2 is 1.83 bits per heavy atom. The first kappa shape index (κ1) is 21.6. The quantitative estimate of drug-likeness (QED) is 0.430. The Labute approximate surface area is 203 Å². The second-order valence-electron chi connectivity index (χ2n) is 9.53. The van der Waals surface area contributed by atoms with Crippen LogP contribution in [-0.2, 0) is 0 Å². The third-order valence-electron chi connectivity index (χ3n) is 6.74. The first-order valence-electron chi connectivity index (χ1n) is 12.1. The number of hydrogen-bond acceptors (Lipinski definition) is 6. The second kappa shape index (κ2) is 8.41. The van der Waals surface area contributed by atoms with E-state index in [1.54, 1.807) is 12.4 Å². The van der Waals surface area contributed by atoms with Gasteiger partial charge in [-0.05, 0) is 63.8 Å². The molecule has 4 aromatic rings. The van der Waals surface area contributed by atoms with E-state index in [0.717, 1.165) is 5.56 Å². The number of anilines is 1. The molecule has 1 aliphatic heterocycles. The van der Waals surface area contributed by atoms with E-state index in [4.69, 9.17) is 14.5 Å². The predicted octanol–water partition coefficient (Wildman–Crippen LogP) is 4.87. The number of ether oxygens (including phenoxy) is 2. The molecule has 1 aliphatic carbocycles. The highest BCUT2D eigenvalue weighted by Gasteiger charge is 2.31. The average molecular weight is 473 g/mol. The SMILES string of the molecule is CC(C1CC1)n1nccc1NC(=O)c1cc(-c2ccc3c(c2)OCCO3)nc2c1cnn2C(C)C. The van der Waals surface area contributed by atoms with Gasteiger partial charge in [-0.3, -0.25) is 4.79 Å². The highest BCUT2D eigenvalue weighted by Crippen LogP contribution is 2.40. The van der Waals surface area contributed by atoms with Gasteiger partial charge in [-0.15, -0.1) is 0 Å². The van der Waals surface area contributed by atoms with Gasteiger partial charge < -0.3 is 14.8 Å². The standard InChI is InChI=1S/C26H28N6O3/c1-15(2)31-25-20(14-28-31)19(26(33)30-24-8-9-27-32(24)16(3)17-4-5-17)13-21(29-25)18-6-7-22-23(12-18)35-11-10-34-22/h6-9,12-17H,4-5,10-11H2,1-3H3,(H,30,33). The number of nitrogens with zero attached hydrogens (tertiary/aromatic N) is 5. The summed E-state index contributed by atoms with van der Waals surface area (Å²) in [5, 5.41) is 12.8. The molecule has 4 heterocycles. The minimum absolute atomic E-state index is 0.0900. The summed E-state index contributed by atoms with van der Waals surface area (Å²) < 4.78 is 15.2. The number of benzene rings is 1. The molecule has 1 atom stereocenters. The molecule has 9 nitrogen and oxygen atoms in total. The smallest absolute Gasteiger partial charge is 0.257 e. The van der Waals surface area contributed by atoms with E-state index < -0.39 is 0 Å². The number of carbonyl (C=O) groups excluding carboxylic acids is 1. The van der Waals surface area contributed by atoms with E-state index in [1.165, 1.54) is 12.8 Å². The average Bonchev–Trinajstić information content (AvgIpc) is 3.46. The van der Waals surface area contributed by atoms with Crippen LogP contribution >= 0.6 is 0 Å². The summed E-state index contributed by atoms with van der Waals surface area (Å²) in [6.45, 7) is 7.27. The first-order valence-corrected chi connectivity index (χ1v) is 12.1. The Bertz CT molecular complexity index is 1420. The van der Waals surface area contributed by atoms with Crippen molar-refractivity contribution in [2.45, 2.75) is 45.7 Å². The van der Waals surface area contributed by atoms with E-state index in [1.807, 2.05) is 53.5 Å². The van der Waals surface area contributed by atoms with Crippen molar-refractivity contribution in [2.24, 2.45) is 5.92 Å². The van der Waals surface area contributed by atoms with Gasteiger partial charge in [0.1, 0.15) is 19.0 Å². The minimum atomic E-state index is -0.218. The maximum Gasteiger partial charge on any atom is 0.257 e. The van der Waals surface area contributed by atoms with Crippen LogP contribution in [0.3, 0.4) is 0 Å². The predicted molar refractivity (Wildman–Crippen MR) is 132 cm³/mol. The summed E-state index contributed by atoms with van der Waals surface area (Å²) in [6.07, 6.45) is 5.85. The molecule has 1 fully saturated rings. The topological polar surface area (TPSA) is 96.1 Å². The van der Waals surface area contributed by atoms with Crippen molar-refractivity contribution in [1.29, 1.82) is 0 Å². The molecular weight excluding hydrogens is 444 g/mol. The molecule has 180 valence electrons. The zero-order valence-electron chi connectivity index (χ0n) is 20.1. The Hall–Kier alpha value is -3.88. The van der Waals surface area contributed by atoms with Crippen molar-refractivity contribution in [3.05, 3.63) is 48.3 Å². The van der Waals surface area contributed by atoms with Gasteiger partial charge in [-0.25, -0.2) is 14.3 Å². The highest BCUT2D eigenvalue weighted by atomic mass is 16.6. The molecule has 1 N–H and O–H groups in total. The first-order chi connectivity index (χ1) is 17.0. The number of hydrogen-bond donors (Lipinski definition) is 1. The molecule has 9 heteroatoms. The van der Waals surface area contributed by atoms with Crippen molar-refractivity contribution in [3.63, 3.8) is 0 Å². The molecule has 2 aliphatic rings. The third kappa shape index (κ3) is 3.90. The number of pyridine rings is 1. The molecule has 6 rings (SSSR count). The van der Waals surface area contributed by atoms with Crippen LogP contribution in [0, 0.1) is 5.92 Å². The molecule has 0 radical (unpaired) electrons. The van der Waals surface area contributed by atoms with E-state index in [2.05, 4.69) is 22.4 Å². The zero-order chi connectivity index (χ0) is 24.1. The number of fused-ring (bicyclic) bond motifs is 2. The molecule has 3 aromatic heterocycles. The van der Waals surface area contributed by atoms with Crippen molar-refractivity contribution >= 4 is 22.8 Å². The molecular formula is C26H28N6O3. The fourth-order valence-corrected chi connectivity index (χ4v) is 4.63. The Morgan fingerprint density at radius 1 is 1.03 bits per heavy atom. The lowest BCUT2D eigenvalue weighted by Gasteiger charge is -2.19. The summed E-state index contributed by atoms with van der Waals surface area (Å²) in [5.41, 5.74) is 2.69. The summed E-state index contributed by atoms with van der Waals surface area (Å²) in [7, 11) is 0. The highest BCUT2D eigenvalue weighted by molar-refractivity contribution is 6.12. The lowest BCUT2D eigenvalue weighted by Crippen LogP contribution is -2.19. The minimum Gasteiger partial charge on any atom is -0.486 e. The van der Waals surface area contributed by atoms with Crippen LogP contribution in [0.15, 0.2) is 42.7 Å². The van der Waals surface area contributed by atoms with Gasteiger partial charge >= 0.3 is 0 Å². The fourth-order valence-electron chi connectivity index (χ4n) is 4.63. The van der Waals surface area contributed by atoms with Crippen LogP contribution in [0.2, 0.25) is 0 Å². The molecule has 0 saturated heterocycles. The Kier molecular flexibility index (Phi) is 5.20. The molecule has 35 heavy (non-hydrogen) atoms. The molecule has 1 aromatic carbocycles. The van der Waals surface area contributed by atoms with Crippen LogP contribution in [0.4, 0.5) is 5.82 Å². The number of carbonyl (C=O) groups is 1. The zero-order valence-corrected chi connectivity index (χ0v) is 20.1. The van der Waals surface area contributed by atoms with Gasteiger partial charge in [-0.2, -0.15) is 10.2 Å². The Morgan fingerprint density at radius 3 is 2.60 bits per heavy atom. The molecule has 0 bridgehead atoms. The number of nitrogens with one attached hydrogen (secondary N) is 1. The number of amides is 1. The van der Waals surface area contributed by atoms with Crippen molar-refractivity contribution in [3.8, 4) is 22.8 Å². The van der Waals surface area contributed by atoms with Crippen LogP contribution in [0.25, 0.3) is 22.3 Å². The van der Waals surface area contributed by atoms with E-state index in [-0.39, 0.29) is 18.0 Å².